The third-order valence-electron chi connectivity index (χ3n) is 7.01. The molecule has 8 heteroatoms. The molecular formula is C31H24FN3O2S2. The van der Waals surface area contributed by atoms with Gasteiger partial charge >= 0.3 is 5.97 Å². The number of aromatic nitrogens is 1. The van der Waals surface area contributed by atoms with Gasteiger partial charge in [0.25, 0.3) is 0 Å². The zero-order valence-corrected chi connectivity index (χ0v) is 23.0. The summed E-state index contributed by atoms with van der Waals surface area (Å²) < 4.78 is 21.7. The van der Waals surface area contributed by atoms with E-state index in [0.29, 0.717) is 18.0 Å². The van der Waals surface area contributed by atoms with Crippen LogP contribution < -0.4 is 4.90 Å². The van der Waals surface area contributed by atoms with Crippen molar-refractivity contribution in [2.75, 3.05) is 25.1 Å². The maximum Gasteiger partial charge on any atom is 0.312 e. The van der Waals surface area contributed by atoms with E-state index in [1.54, 1.807) is 24.1 Å². The summed E-state index contributed by atoms with van der Waals surface area (Å²) in [5.74, 6) is -0.655. The number of aryl methyl sites for hydroxylation is 1. The highest BCUT2D eigenvalue weighted by molar-refractivity contribution is 7.98. The van der Waals surface area contributed by atoms with Crippen molar-refractivity contribution in [3.05, 3.63) is 94.4 Å². The van der Waals surface area contributed by atoms with Gasteiger partial charge in [0.1, 0.15) is 16.8 Å². The second kappa shape index (κ2) is 10.3. The number of nitrogens with zero attached hydrogens (tertiary/aromatic N) is 3. The van der Waals surface area contributed by atoms with Crippen LogP contribution in [-0.2, 0) is 9.53 Å². The first-order valence-corrected chi connectivity index (χ1v) is 14.1. The molecule has 3 aromatic carbocycles. The maximum atomic E-state index is 14.7. The number of carbonyl (C=O) groups is 1. The number of esters is 1. The topological polar surface area (TPSA) is 58.3 Å². The fourth-order valence-electron chi connectivity index (χ4n) is 5.09. The summed E-state index contributed by atoms with van der Waals surface area (Å²) in [6.45, 7) is 3.25. The van der Waals surface area contributed by atoms with Gasteiger partial charge in [0.2, 0.25) is 0 Å². The summed E-state index contributed by atoms with van der Waals surface area (Å²) in [6.07, 6.45) is 0. The highest BCUT2D eigenvalue weighted by Crippen LogP contribution is 2.47. The lowest BCUT2D eigenvalue weighted by atomic mass is 9.96. The van der Waals surface area contributed by atoms with Crippen molar-refractivity contribution in [1.29, 1.82) is 5.26 Å². The summed E-state index contributed by atoms with van der Waals surface area (Å²) in [5, 5.41) is 12.6. The Kier molecular flexibility index (Phi) is 6.63. The molecule has 3 heterocycles. The second-order valence-electron chi connectivity index (χ2n) is 9.54. The average Bonchev–Trinajstić information content (AvgIpc) is 3.49. The number of carbonyl (C=O) groups excluding carboxylic acids is 1. The Balaban J connectivity index is 1.57. The van der Waals surface area contributed by atoms with Gasteiger partial charge in [-0.2, -0.15) is 5.26 Å². The molecule has 1 aliphatic rings. The zero-order valence-electron chi connectivity index (χ0n) is 21.3. The van der Waals surface area contributed by atoms with Crippen molar-refractivity contribution in [1.82, 2.24) is 3.97 Å². The van der Waals surface area contributed by atoms with E-state index < -0.39 is 0 Å². The van der Waals surface area contributed by atoms with Crippen molar-refractivity contribution in [2.45, 2.75) is 11.8 Å². The van der Waals surface area contributed by atoms with Crippen LogP contribution in [0.3, 0.4) is 0 Å². The summed E-state index contributed by atoms with van der Waals surface area (Å²) in [6, 6.07) is 25.5. The first kappa shape index (κ1) is 25.2. The summed E-state index contributed by atoms with van der Waals surface area (Å²) >= 11 is 2.95. The molecule has 0 amide bonds. The Labute approximate surface area is 234 Å². The van der Waals surface area contributed by atoms with Crippen molar-refractivity contribution >= 4 is 45.8 Å². The minimum atomic E-state index is -0.329. The van der Waals surface area contributed by atoms with E-state index in [9.17, 15) is 14.4 Å². The summed E-state index contributed by atoms with van der Waals surface area (Å²) in [7, 11) is 1.42. The lowest BCUT2D eigenvalue weighted by Crippen LogP contribution is -2.50. The van der Waals surface area contributed by atoms with Gasteiger partial charge in [0.15, 0.2) is 0 Å². The van der Waals surface area contributed by atoms with Crippen LogP contribution in [0.15, 0.2) is 83.1 Å². The number of thiophene rings is 1. The van der Waals surface area contributed by atoms with Crippen LogP contribution in [0.25, 0.3) is 33.3 Å². The Morgan fingerprint density at radius 2 is 1.92 bits per heavy atom. The van der Waals surface area contributed by atoms with Gasteiger partial charge in [-0.15, -0.1) is 11.3 Å². The van der Waals surface area contributed by atoms with Crippen LogP contribution in [0.2, 0.25) is 0 Å². The number of anilines is 1. The molecule has 6 rings (SSSR count). The van der Waals surface area contributed by atoms with Crippen molar-refractivity contribution in [2.24, 2.45) is 5.92 Å². The highest BCUT2D eigenvalue weighted by Gasteiger charge is 2.34. The third kappa shape index (κ3) is 4.58. The van der Waals surface area contributed by atoms with Crippen LogP contribution in [0.1, 0.15) is 10.4 Å². The maximum absolute atomic E-state index is 14.7. The lowest BCUT2D eigenvalue weighted by molar-refractivity contribution is -0.146. The predicted molar refractivity (Wildman–Crippen MR) is 156 cm³/mol. The van der Waals surface area contributed by atoms with Crippen molar-refractivity contribution in [3.63, 3.8) is 0 Å². The first-order valence-electron chi connectivity index (χ1n) is 12.5. The van der Waals surface area contributed by atoms with Gasteiger partial charge in [-0.05, 0) is 78.3 Å². The summed E-state index contributed by atoms with van der Waals surface area (Å²) in [5.41, 5.74) is 6.46. The monoisotopic (exact) mass is 553 g/mol. The van der Waals surface area contributed by atoms with E-state index in [1.807, 2.05) is 35.7 Å². The first-order chi connectivity index (χ1) is 19.0. The number of hydrogen-bond donors (Lipinski definition) is 0. The molecule has 1 saturated heterocycles. The highest BCUT2D eigenvalue weighted by atomic mass is 32.2. The molecule has 0 radical (unpaired) electrons. The van der Waals surface area contributed by atoms with Crippen molar-refractivity contribution < 1.29 is 13.9 Å². The number of methoxy groups -OCH3 is 1. The minimum Gasteiger partial charge on any atom is -0.469 e. The lowest BCUT2D eigenvalue weighted by Gasteiger charge is -2.39. The van der Waals surface area contributed by atoms with Crippen LogP contribution in [0.5, 0.6) is 0 Å². The number of ether oxygens (including phenoxy) is 1. The van der Waals surface area contributed by atoms with E-state index in [-0.39, 0.29) is 17.7 Å². The molecule has 39 heavy (non-hydrogen) atoms. The van der Waals surface area contributed by atoms with E-state index in [0.717, 1.165) is 49.4 Å². The Morgan fingerprint density at radius 1 is 1.10 bits per heavy atom. The van der Waals surface area contributed by atoms with Gasteiger partial charge < -0.3 is 9.64 Å². The number of benzene rings is 3. The van der Waals surface area contributed by atoms with Gasteiger partial charge in [-0.3, -0.25) is 8.77 Å². The van der Waals surface area contributed by atoms with Crippen molar-refractivity contribution in [3.8, 4) is 28.5 Å². The van der Waals surface area contributed by atoms with Gasteiger partial charge in [0.05, 0.1) is 24.2 Å². The molecule has 1 fully saturated rings. The SMILES string of the molecule is COC(=O)C1CN(c2cccc(-c3c(-c4ccsc4C#N)c4cc(F)ccc4n3Sc3cccc(C)c3)c2)C1. The quantitative estimate of drug-likeness (QED) is 0.204. The Morgan fingerprint density at radius 3 is 2.69 bits per heavy atom. The molecule has 5 aromatic rings. The van der Waals surface area contributed by atoms with E-state index in [1.165, 1.54) is 24.5 Å². The van der Waals surface area contributed by atoms with Crippen LogP contribution >= 0.6 is 23.3 Å². The largest absolute Gasteiger partial charge is 0.469 e. The van der Waals surface area contributed by atoms with Crippen LogP contribution in [0, 0.1) is 30.0 Å². The Hall–Kier alpha value is -4.06. The average molecular weight is 554 g/mol. The fraction of sp³-hybridized carbons (Fsp3) is 0.161. The molecule has 0 N–H and O–H groups in total. The fourth-order valence-corrected chi connectivity index (χ4v) is 6.91. The number of fused-ring (bicyclic) bond motifs is 1. The molecule has 1 aliphatic heterocycles. The molecule has 0 unspecified atom stereocenters. The number of nitriles is 1. The smallest absolute Gasteiger partial charge is 0.312 e. The van der Waals surface area contributed by atoms with Gasteiger partial charge in [0, 0.05) is 45.7 Å². The van der Waals surface area contributed by atoms with E-state index in [4.69, 9.17) is 4.74 Å². The molecule has 0 bridgehead atoms. The third-order valence-corrected chi connectivity index (χ3v) is 8.86. The van der Waals surface area contributed by atoms with Crippen LogP contribution in [-0.4, -0.2) is 30.1 Å². The summed E-state index contributed by atoms with van der Waals surface area (Å²) in [4.78, 5) is 15.7. The molecule has 2 aromatic heterocycles. The number of rotatable bonds is 6. The predicted octanol–water partition coefficient (Wildman–Crippen LogP) is 7.52. The van der Waals surface area contributed by atoms with Gasteiger partial charge in [-0.25, -0.2) is 4.39 Å². The van der Waals surface area contributed by atoms with E-state index >= 15 is 0 Å². The number of hydrogen-bond acceptors (Lipinski definition) is 6. The second-order valence-corrected chi connectivity index (χ2v) is 11.5. The molecule has 0 aliphatic carbocycles. The normalized spacial score (nSPS) is 13.3. The van der Waals surface area contributed by atoms with Crippen LogP contribution in [0.4, 0.5) is 10.1 Å². The molecule has 0 spiro atoms. The number of halogens is 1. The Bertz CT molecular complexity index is 1760. The molecule has 194 valence electrons. The molecule has 0 saturated carbocycles. The molecule has 5 nitrogen and oxygen atoms in total. The zero-order chi connectivity index (χ0) is 27.1. The van der Waals surface area contributed by atoms with E-state index in [2.05, 4.69) is 46.1 Å². The molecular weight excluding hydrogens is 529 g/mol. The minimum absolute atomic E-state index is 0.135. The van der Waals surface area contributed by atoms with Gasteiger partial charge in [-0.1, -0.05) is 24.3 Å². The molecule has 0 atom stereocenters. The standard InChI is InChI=1S/C31H24FN3O2S2/c1-19-5-3-8-24(13-19)39-35-27-10-9-22(32)15-26(27)29(25-11-12-38-28(25)16-33)30(35)20-6-4-7-23(14-20)34-17-21(18-34)31(36)37-2/h3-15,21H,17-18H2,1-2H3.